The number of aromatic carboxylic acids is 1. The second-order valence-corrected chi connectivity index (χ2v) is 3.93. The molecular formula is C9H10ClN5O2. The average molecular weight is 256 g/mol. The van der Waals surface area contributed by atoms with Crippen molar-refractivity contribution in [3.63, 3.8) is 0 Å². The number of carboxylic acids is 1. The van der Waals surface area contributed by atoms with Gasteiger partial charge in [0.1, 0.15) is 17.5 Å². The summed E-state index contributed by atoms with van der Waals surface area (Å²) in [7, 11) is 1.77. The van der Waals surface area contributed by atoms with Gasteiger partial charge in [-0.1, -0.05) is 16.8 Å². The number of carboxylic acid groups (broad SMARTS) is 1. The fourth-order valence-electron chi connectivity index (χ4n) is 1.41. The average Bonchev–Trinajstić information content (AvgIpc) is 2.77. The minimum absolute atomic E-state index is 0.0506. The van der Waals surface area contributed by atoms with Crippen LogP contribution < -0.4 is 0 Å². The van der Waals surface area contributed by atoms with E-state index in [1.165, 1.54) is 10.9 Å². The largest absolute Gasteiger partial charge is 0.476 e. The number of rotatable bonds is 3. The van der Waals surface area contributed by atoms with Gasteiger partial charge in [0.2, 0.25) is 0 Å². The van der Waals surface area contributed by atoms with Crippen molar-refractivity contribution in [2.75, 3.05) is 0 Å². The third-order valence-electron chi connectivity index (χ3n) is 2.50. The van der Waals surface area contributed by atoms with Gasteiger partial charge in [-0.25, -0.2) is 14.5 Å². The number of halogens is 1. The lowest BCUT2D eigenvalue weighted by atomic mass is 10.3. The molecule has 17 heavy (non-hydrogen) atoms. The summed E-state index contributed by atoms with van der Waals surface area (Å²) in [5, 5.41) is 16.7. The summed E-state index contributed by atoms with van der Waals surface area (Å²) in [6.07, 6.45) is 1.53. The fraction of sp³-hybridized carbons (Fsp3) is 0.333. The maximum atomic E-state index is 10.8. The molecule has 0 radical (unpaired) electrons. The summed E-state index contributed by atoms with van der Waals surface area (Å²) >= 11 is 5.85. The predicted molar refractivity (Wildman–Crippen MR) is 59.0 cm³/mol. The van der Waals surface area contributed by atoms with Gasteiger partial charge >= 0.3 is 5.97 Å². The maximum absolute atomic E-state index is 10.8. The van der Waals surface area contributed by atoms with Gasteiger partial charge in [0.05, 0.1) is 11.9 Å². The molecule has 0 saturated carbocycles. The molecule has 90 valence electrons. The quantitative estimate of drug-likeness (QED) is 0.873. The molecule has 8 heteroatoms. The molecular weight excluding hydrogens is 246 g/mol. The zero-order valence-electron chi connectivity index (χ0n) is 9.25. The van der Waals surface area contributed by atoms with E-state index in [2.05, 4.69) is 15.3 Å². The molecule has 0 unspecified atom stereocenters. The molecule has 0 saturated heterocycles. The first-order valence-corrected chi connectivity index (χ1v) is 5.18. The molecule has 2 heterocycles. The predicted octanol–water partition coefficient (Wildman–Crippen LogP) is 0.720. The van der Waals surface area contributed by atoms with Crippen LogP contribution >= 0.6 is 11.6 Å². The van der Waals surface area contributed by atoms with Gasteiger partial charge in [-0.2, -0.15) is 0 Å². The molecule has 2 rings (SSSR count). The maximum Gasteiger partial charge on any atom is 0.358 e. The monoisotopic (exact) mass is 255 g/mol. The zero-order chi connectivity index (χ0) is 12.6. The molecule has 0 amide bonds. The summed E-state index contributed by atoms with van der Waals surface area (Å²) in [5.41, 5.74) is 0.432. The van der Waals surface area contributed by atoms with E-state index in [1.807, 2.05) is 0 Å². The lowest BCUT2D eigenvalue weighted by Gasteiger charge is -2.03. The third-order valence-corrected chi connectivity index (χ3v) is 2.86. The summed E-state index contributed by atoms with van der Waals surface area (Å²) in [6.45, 7) is 1.98. The van der Waals surface area contributed by atoms with Crippen LogP contribution in [0.3, 0.4) is 0 Å². The van der Waals surface area contributed by atoms with Crippen molar-refractivity contribution >= 4 is 17.6 Å². The number of hydrogen-bond acceptors (Lipinski definition) is 4. The van der Waals surface area contributed by atoms with Crippen molar-refractivity contribution in [3.8, 4) is 0 Å². The molecule has 0 aliphatic carbocycles. The molecule has 0 atom stereocenters. The number of imidazole rings is 1. The van der Waals surface area contributed by atoms with Crippen LogP contribution in [0.5, 0.6) is 0 Å². The second kappa shape index (κ2) is 4.17. The molecule has 0 aliphatic rings. The highest BCUT2D eigenvalue weighted by Crippen LogP contribution is 2.11. The first kappa shape index (κ1) is 11.6. The van der Waals surface area contributed by atoms with Crippen LogP contribution in [-0.4, -0.2) is 35.6 Å². The molecule has 0 bridgehead atoms. The minimum Gasteiger partial charge on any atom is -0.476 e. The normalized spacial score (nSPS) is 10.8. The summed E-state index contributed by atoms with van der Waals surface area (Å²) in [4.78, 5) is 14.9. The first-order valence-electron chi connectivity index (χ1n) is 4.80. The topological polar surface area (TPSA) is 85.8 Å². The van der Waals surface area contributed by atoms with Gasteiger partial charge in [-0.05, 0) is 6.92 Å². The van der Waals surface area contributed by atoms with E-state index < -0.39 is 5.97 Å². The number of nitrogens with zero attached hydrogens (tertiary/aromatic N) is 5. The Labute approximate surface area is 102 Å². The van der Waals surface area contributed by atoms with Crippen molar-refractivity contribution in [2.24, 2.45) is 7.05 Å². The highest BCUT2D eigenvalue weighted by atomic mass is 35.5. The second-order valence-electron chi connectivity index (χ2n) is 3.54. The van der Waals surface area contributed by atoms with Gasteiger partial charge in [-0.15, -0.1) is 5.10 Å². The van der Waals surface area contributed by atoms with Crippen molar-refractivity contribution in [3.05, 3.63) is 28.6 Å². The third kappa shape index (κ3) is 2.01. The van der Waals surface area contributed by atoms with Gasteiger partial charge < -0.3 is 9.67 Å². The van der Waals surface area contributed by atoms with Crippen LogP contribution in [0.1, 0.15) is 22.0 Å². The fourth-order valence-corrected chi connectivity index (χ4v) is 1.56. The molecule has 2 aromatic rings. The Balaban J connectivity index is 2.31. The lowest BCUT2D eigenvalue weighted by Crippen LogP contribution is -2.10. The van der Waals surface area contributed by atoms with Crippen molar-refractivity contribution in [1.82, 2.24) is 24.5 Å². The minimum atomic E-state index is -1.09. The van der Waals surface area contributed by atoms with Gasteiger partial charge in [0.25, 0.3) is 0 Å². The van der Waals surface area contributed by atoms with Crippen LogP contribution in [0.2, 0.25) is 5.15 Å². The van der Waals surface area contributed by atoms with Crippen LogP contribution in [0, 0.1) is 6.92 Å². The molecule has 0 aliphatic heterocycles. The summed E-state index contributed by atoms with van der Waals surface area (Å²) in [6, 6.07) is 0. The standard InChI is InChI=1S/C9H10ClN5O2/c1-5-8(9(16)17)12-13-15(5)4-7-11-3-6(10)14(7)2/h3H,4H2,1-2H3,(H,16,17). The zero-order valence-corrected chi connectivity index (χ0v) is 10.0. The first-order chi connectivity index (χ1) is 8.00. The SMILES string of the molecule is Cc1c(C(=O)O)nnn1Cc1ncc(Cl)n1C. The number of hydrogen-bond donors (Lipinski definition) is 1. The Morgan fingerprint density at radius 3 is 2.76 bits per heavy atom. The molecule has 0 spiro atoms. The summed E-state index contributed by atoms with van der Waals surface area (Å²) in [5.74, 6) is -0.411. The van der Waals surface area contributed by atoms with E-state index >= 15 is 0 Å². The van der Waals surface area contributed by atoms with Crippen molar-refractivity contribution < 1.29 is 9.90 Å². The van der Waals surface area contributed by atoms with E-state index in [4.69, 9.17) is 16.7 Å². The molecule has 0 fully saturated rings. The molecule has 1 N–H and O–H groups in total. The summed E-state index contributed by atoms with van der Waals surface area (Å²) < 4.78 is 3.17. The Morgan fingerprint density at radius 2 is 2.29 bits per heavy atom. The molecule has 7 nitrogen and oxygen atoms in total. The number of carbonyl (C=O) groups is 1. The van der Waals surface area contributed by atoms with Crippen molar-refractivity contribution in [2.45, 2.75) is 13.5 Å². The van der Waals surface area contributed by atoms with E-state index in [9.17, 15) is 4.79 Å². The highest BCUT2D eigenvalue weighted by Gasteiger charge is 2.16. The van der Waals surface area contributed by atoms with Gasteiger partial charge in [0.15, 0.2) is 5.69 Å². The lowest BCUT2D eigenvalue weighted by molar-refractivity contribution is 0.0689. The number of aromatic nitrogens is 5. The Hall–Kier alpha value is -1.89. The Bertz CT molecular complexity index is 574. The van der Waals surface area contributed by atoms with E-state index in [-0.39, 0.29) is 5.69 Å². The van der Waals surface area contributed by atoms with Gasteiger partial charge in [0, 0.05) is 7.05 Å². The van der Waals surface area contributed by atoms with E-state index in [0.717, 1.165) is 0 Å². The molecule has 0 aromatic carbocycles. The Kier molecular flexibility index (Phi) is 2.84. The highest BCUT2D eigenvalue weighted by molar-refractivity contribution is 6.29. The van der Waals surface area contributed by atoms with Crippen LogP contribution in [0.4, 0.5) is 0 Å². The van der Waals surface area contributed by atoms with E-state index in [0.29, 0.717) is 23.2 Å². The smallest absolute Gasteiger partial charge is 0.358 e. The van der Waals surface area contributed by atoms with E-state index in [1.54, 1.807) is 18.5 Å². The van der Waals surface area contributed by atoms with Crippen LogP contribution in [0.15, 0.2) is 6.20 Å². The van der Waals surface area contributed by atoms with Crippen LogP contribution in [0.25, 0.3) is 0 Å². The Morgan fingerprint density at radius 1 is 1.59 bits per heavy atom. The van der Waals surface area contributed by atoms with Gasteiger partial charge in [-0.3, -0.25) is 0 Å². The van der Waals surface area contributed by atoms with Crippen LogP contribution in [-0.2, 0) is 13.6 Å². The molecule has 2 aromatic heterocycles. The van der Waals surface area contributed by atoms with Crippen molar-refractivity contribution in [1.29, 1.82) is 0 Å².